The lowest BCUT2D eigenvalue weighted by molar-refractivity contribution is -0.224. The van der Waals surface area contributed by atoms with Gasteiger partial charge >= 0.3 is 0 Å². The molecule has 1 aliphatic rings. The summed E-state index contributed by atoms with van der Waals surface area (Å²) in [5, 5.41) is 12.3. The molecule has 1 rings (SSSR count). The number of hydrogen-bond donors (Lipinski definition) is 1. The van der Waals surface area contributed by atoms with E-state index in [0.717, 1.165) is 0 Å². The Morgan fingerprint density at radius 3 is 2.77 bits per heavy atom. The van der Waals surface area contributed by atoms with Crippen LogP contribution >= 0.6 is 0 Å². The summed E-state index contributed by atoms with van der Waals surface area (Å²) in [4.78, 5) is 10.6. The highest BCUT2D eigenvalue weighted by atomic mass is 16.6. The van der Waals surface area contributed by atoms with Gasteiger partial charge in [-0.3, -0.25) is 0 Å². The van der Waals surface area contributed by atoms with E-state index in [9.17, 15) is 10.0 Å². The largest absolute Gasteiger partial charge is 0.376 e. The number of nitroso groups, excluding NO2 is 1. The van der Waals surface area contributed by atoms with Crippen molar-refractivity contribution >= 4 is 0 Å². The van der Waals surface area contributed by atoms with E-state index in [1.54, 1.807) is 13.8 Å². The van der Waals surface area contributed by atoms with Crippen LogP contribution in [0.25, 0.3) is 0 Å². The monoisotopic (exact) mass is 189 g/mol. The van der Waals surface area contributed by atoms with Crippen molar-refractivity contribution in [2.75, 3.05) is 7.11 Å². The van der Waals surface area contributed by atoms with Crippen LogP contribution in [0.3, 0.4) is 0 Å². The lowest BCUT2D eigenvalue weighted by atomic mass is 9.87. The third-order valence-electron chi connectivity index (χ3n) is 2.60. The van der Waals surface area contributed by atoms with Gasteiger partial charge in [-0.25, -0.2) is 0 Å². The number of nitrogens with zero attached hydrogens (tertiary/aromatic N) is 1. The van der Waals surface area contributed by atoms with Gasteiger partial charge in [-0.2, -0.15) is 4.91 Å². The molecule has 0 aromatic rings. The van der Waals surface area contributed by atoms with Crippen LogP contribution in [0.1, 0.15) is 20.3 Å². The first-order chi connectivity index (χ1) is 6.03. The van der Waals surface area contributed by atoms with Crippen LogP contribution in [0.4, 0.5) is 0 Å². The molecule has 1 aliphatic heterocycles. The van der Waals surface area contributed by atoms with Crippen LogP contribution in [0, 0.1) is 4.91 Å². The van der Waals surface area contributed by atoms with Crippen molar-refractivity contribution in [2.45, 2.75) is 44.3 Å². The van der Waals surface area contributed by atoms with E-state index in [0.29, 0.717) is 0 Å². The number of methoxy groups -OCH3 is 1. The molecule has 0 aliphatic carbocycles. The van der Waals surface area contributed by atoms with E-state index < -0.39 is 24.0 Å². The highest BCUT2D eigenvalue weighted by Crippen LogP contribution is 2.32. The summed E-state index contributed by atoms with van der Waals surface area (Å²) < 4.78 is 10.3. The molecule has 0 bridgehead atoms. The molecule has 1 fully saturated rings. The molecule has 0 radical (unpaired) electrons. The lowest BCUT2D eigenvalue weighted by Gasteiger charge is -2.41. The third kappa shape index (κ3) is 1.87. The van der Waals surface area contributed by atoms with E-state index in [1.807, 2.05) is 0 Å². The van der Waals surface area contributed by atoms with Crippen LogP contribution in [0.5, 0.6) is 0 Å². The molecule has 0 spiro atoms. The summed E-state index contributed by atoms with van der Waals surface area (Å²) in [7, 11) is 1.50. The van der Waals surface area contributed by atoms with E-state index >= 15 is 0 Å². The predicted octanol–water partition coefficient (Wildman–Crippen LogP) is 0.654. The Bertz CT molecular complexity index is 199. The molecule has 5 heteroatoms. The maximum Gasteiger partial charge on any atom is 0.157 e. The molecular formula is C8H15NO4. The standard InChI is InChI=1S/C8H15NO4/c1-5-7(9-11)8(2,12-3)4-6(10)13-5/h5-7,10H,4H2,1-3H3/t5-,6+,7-,8+/m0/s1. The first kappa shape index (κ1) is 10.6. The van der Waals surface area contributed by atoms with Crippen LogP contribution in [-0.2, 0) is 9.47 Å². The highest BCUT2D eigenvalue weighted by Gasteiger charge is 2.46. The van der Waals surface area contributed by atoms with Crippen molar-refractivity contribution < 1.29 is 14.6 Å². The zero-order valence-electron chi connectivity index (χ0n) is 8.06. The van der Waals surface area contributed by atoms with Gasteiger partial charge in [-0.15, -0.1) is 0 Å². The lowest BCUT2D eigenvalue weighted by Crippen LogP contribution is -2.54. The second kappa shape index (κ2) is 3.69. The van der Waals surface area contributed by atoms with Gasteiger partial charge < -0.3 is 14.6 Å². The minimum Gasteiger partial charge on any atom is -0.376 e. The molecule has 1 saturated heterocycles. The Labute approximate surface area is 77.0 Å². The molecule has 0 amide bonds. The molecule has 0 saturated carbocycles. The van der Waals surface area contributed by atoms with Gasteiger partial charge in [0, 0.05) is 13.5 Å². The molecule has 4 atom stereocenters. The smallest absolute Gasteiger partial charge is 0.157 e. The van der Waals surface area contributed by atoms with Gasteiger partial charge in [-0.1, -0.05) is 5.18 Å². The van der Waals surface area contributed by atoms with Crippen molar-refractivity contribution in [1.82, 2.24) is 0 Å². The summed E-state index contributed by atoms with van der Waals surface area (Å²) in [5.74, 6) is 0. The zero-order chi connectivity index (χ0) is 10.1. The average Bonchev–Trinajstić information content (AvgIpc) is 2.03. The predicted molar refractivity (Wildman–Crippen MR) is 46.2 cm³/mol. The van der Waals surface area contributed by atoms with Crippen molar-refractivity contribution in [3.8, 4) is 0 Å². The van der Waals surface area contributed by atoms with Crippen LogP contribution < -0.4 is 0 Å². The summed E-state index contributed by atoms with van der Waals surface area (Å²) in [6.07, 6.45) is -1.02. The normalized spacial score (nSPS) is 46.0. The fourth-order valence-corrected chi connectivity index (χ4v) is 1.74. The quantitative estimate of drug-likeness (QED) is 0.648. The first-order valence-electron chi connectivity index (χ1n) is 4.24. The van der Waals surface area contributed by atoms with Crippen molar-refractivity contribution in [1.29, 1.82) is 0 Å². The number of aliphatic hydroxyl groups is 1. The number of aliphatic hydroxyl groups excluding tert-OH is 1. The SMILES string of the molecule is CO[C@]1(C)C[C@H](O)O[C@@H](C)[C@@H]1N=O. The van der Waals surface area contributed by atoms with Crippen LogP contribution in [0.2, 0.25) is 0 Å². The molecule has 0 aromatic carbocycles. The molecule has 5 nitrogen and oxygen atoms in total. The average molecular weight is 189 g/mol. The third-order valence-corrected chi connectivity index (χ3v) is 2.60. The van der Waals surface area contributed by atoms with Crippen molar-refractivity contribution in [2.24, 2.45) is 5.18 Å². The van der Waals surface area contributed by atoms with Gasteiger partial charge in [0.2, 0.25) is 0 Å². The van der Waals surface area contributed by atoms with E-state index in [2.05, 4.69) is 5.18 Å². The molecule has 76 valence electrons. The molecule has 1 heterocycles. The zero-order valence-corrected chi connectivity index (χ0v) is 8.06. The number of hydrogen-bond acceptors (Lipinski definition) is 5. The molecule has 0 unspecified atom stereocenters. The fourth-order valence-electron chi connectivity index (χ4n) is 1.74. The van der Waals surface area contributed by atoms with Gasteiger partial charge in [-0.05, 0) is 13.8 Å². The first-order valence-corrected chi connectivity index (χ1v) is 4.24. The van der Waals surface area contributed by atoms with Crippen LogP contribution in [-0.4, -0.2) is 36.3 Å². The second-order valence-corrected chi connectivity index (χ2v) is 3.57. The molecule has 13 heavy (non-hydrogen) atoms. The minimum atomic E-state index is -0.877. The maximum absolute atomic E-state index is 10.6. The second-order valence-electron chi connectivity index (χ2n) is 3.57. The molecule has 1 N–H and O–H groups in total. The molecule has 0 aromatic heterocycles. The summed E-state index contributed by atoms with van der Waals surface area (Å²) in [5.41, 5.74) is -0.723. The Morgan fingerprint density at radius 1 is 1.69 bits per heavy atom. The fraction of sp³-hybridized carbons (Fsp3) is 1.00. The van der Waals surface area contributed by atoms with Gasteiger partial charge in [0.05, 0.1) is 11.7 Å². The Hall–Kier alpha value is -0.520. The summed E-state index contributed by atoms with van der Waals surface area (Å²) in [6, 6.07) is -0.569. The van der Waals surface area contributed by atoms with E-state index in [1.165, 1.54) is 7.11 Å². The Morgan fingerprint density at radius 2 is 2.31 bits per heavy atom. The van der Waals surface area contributed by atoms with E-state index in [4.69, 9.17) is 9.47 Å². The maximum atomic E-state index is 10.6. The number of rotatable bonds is 2. The highest BCUT2D eigenvalue weighted by molar-refractivity contribution is 4.97. The summed E-state index contributed by atoms with van der Waals surface area (Å²) >= 11 is 0. The van der Waals surface area contributed by atoms with Gasteiger partial charge in [0.1, 0.15) is 6.04 Å². The van der Waals surface area contributed by atoms with Crippen LogP contribution in [0.15, 0.2) is 5.18 Å². The van der Waals surface area contributed by atoms with Crippen molar-refractivity contribution in [3.05, 3.63) is 4.91 Å². The number of ether oxygens (including phenoxy) is 2. The summed E-state index contributed by atoms with van der Waals surface area (Å²) in [6.45, 7) is 3.45. The molecular weight excluding hydrogens is 174 g/mol. The van der Waals surface area contributed by atoms with E-state index in [-0.39, 0.29) is 6.42 Å². The van der Waals surface area contributed by atoms with Gasteiger partial charge in [0.15, 0.2) is 6.29 Å². The topological polar surface area (TPSA) is 68.1 Å². The van der Waals surface area contributed by atoms with Crippen molar-refractivity contribution in [3.63, 3.8) is 0 Å². The Balaban J connectivity index is 2.83. The Kier molecular flexibility index (Phi) is 3.00. The minimum absolute atomic E-state index is 0.268. The van der Waals surface area contributed by atoms with Gasteiger partial charge in [0.25, 0.3) is 0 Å².